The molecule has 17 heavy (non-hydrogen) atoms. The van der Waals surface area contributed by atoms with Crippen molar-refractivity contribution < 1.29 is 0 Å². The zero-order valence-corrected chi connectivity index (χ0v) is 11.0. The van der Waals surface area contributed by atoms with Crippen LogP contribution in [0.3, 0.4) is 0 Å². The number of rotatable bonds is 3. The lowest BCUT2D eigenvalue weighted by Gasteiger charge is -2.12. The zero-order valence-electron chi connectivity index (χ0n) is 10.2. The molecule has 0 aliphatic carbocycles. The van der Waals surface area contributed by atoms with E-state index in [1.165, 1.54) is 11.3 Å². The number of nitrogens with one attached hydrogen (secondary N) is 1. The first-order chi connectivity index (χ1) is 8.11. The third-order valence-electron chi connectivity index (χ3n) is 2.57. The van der Waals surface area contributed by atoms with Crippen molar-refractivity contribution in [3.63, 3.8) is 0 Å². The third-order valence-corrected chi connectivity index (χ3v) is 3.70. The van der Waals surface area contributed by atoms with Gasteiger partial charge in [0.25, 0.3) is 0 Å². The summed E-state index contributed by atoms with van der Waals surface area (Å²) in [7, 11) is 4.06. The summed E-state index contributed by atoms with van der Waals surface area (Å²) in [6.07, 6.45) is 0. The highest BCUT2D eigenvalue weighted by Gasteiger charge is 2.08. The number of hydrogen-bond acceptors (Lipinski definition) is 5. The molecule has 0 saturated carbocycles. The second kappa shape index (κ2) is 4.73. The van der Waals surface area contributed by atoms with Crippen LogP contribution in [0.5, 0.6) is 0 Å². The van der Waals surface area contributed by atoms with Crippen molar-refractivity contribution >= 4 is 22.2 Å². The number of aryl methyl sites for hydroxylation is 1. The van der Waals surface area contributed by atoms with Gasteiger partial charge in [0, 0.05) is 19.8 Å². The molecule has 1 aromatic carbocycles. The van der Waals surface area contributed by atoms with Crippen LogP contribution < -0.4 is 16.2 Å². The Balaban J connectivity index is 2.36. The van der Waals surface area contributed by atoms with Gasteiger partial charge in [-0.25, -0.2) is 10.8 Å². The lowest BCUT2D eigenvalue weighted by Crippen LogP contribution is -2.07. The summed E-state index contributed by atoms with van der Waals surface area (Å²) in [6, 6.07) is 8.42. The summed E-state index contributed by atoms with van der Waals surface area (Å²) in [4.78, 5) is 7.57. The van der Waals surface area contributed by atoms with Gasteiger partial charge in [-0.2, -0.15) is 0 Å². The van der Waals surface area contributed by atoms with Gasteiger partial charge in [0.1, 0.15) is 0 Å². The fraction of sp³-hybridized carbons (Fsp3) is 0.250. The van der Waals surface area contributed by atoms with Crippen molar-refractivity contribution in [2.45, 2.75) is 6.92 Å². The van der Waals surface area contributed by atoms with Crippen LogP contribution in [-0.4, -0.2) is 19.1 Å². The minimum atomic E-state index is 0.745. The van der Waals surface area contributed by atoms with Gasteiger partial charge in [-0.15, -0.1) is 0 Å². The first-order valence-electron chi connectivity index (χ1n) is 5.33. The van der Waals surface area contributed by atoms with Crippen molar-refractivity contribution in [2.75, 3.05) is 24.4 Å². The highest BCUT2D eigenvalue weighted by molar-refractivity contribution is 7.19. The number of benzene rings is 1. The number of hydrazine groups is 1. The molecule has 0 saturated heterocycles. The topological polar surface area (TPSA) is 54.2 Å². The van der Waals surface area contributed by atoms with E-state index in [1.807, 2.05) is 21.0 Å². The van der Waals surface area contributed by atoms with Gasteiger partial charge in [-0.1, -0.05) is 23.5 Å². The van der Waals surface area contributed by atoms with Gasteiger partial charge >= 0.3 is 0 Å². The van der Waals surface area contributed by atoms with Crippen LogP contribution in [-0.2, 0) is 0 Å². The standard InChI is InChI=1S/C12H16N4S/c1-8-11(17-12(14-8)15-13)9-4-6-10(7-5-9)16(2)3/h4-7H,13H2,1-3H3,(H,14,15). The summed E-state index contributed by atoms with van der Waals surface area (Å²) in [5.41, 5.74) is 5.95. The summed E-state index contributed by atoms with van der Waals surface area (Å²) >= 11 is 1.57. The number of nitrogens with zero attached hydrogens (tertiary/aromatic N) is 2. The highest BCUT2D eigenvalue weighted by Crippen LogP contribution is 2.32. The molecule has 3 N–H and O–H groups in total. The smallest absolute Gasteiger partial charge is 0.197 e. The van der Waals surface area contributed by atoms with E-state index in [4.69, 9.17) is 5.84 Å². The Bertz CT molecular complexity index is 502. The molecule has 0 fully saturated rings. The molecule has 2 aromatic rings. The van der Waals surface area contributed by atoms with Gasteiger partial charge in [-0.3, -0.25) is 5.43 Å². The molecule has 1 aromatic heterocycles. The third kappa shape index (κ3) is 2.40. The molecule has 4 nitrogen and oxygen atoms in total. The van der Waals surface area contributed by atoms with E-state index in [1.54, 1.807) is 11.3 Å². The molecule has 0 unspecified atom stereocenters. The molecule has 0 amide bonds. The Morgan fingerprint density at radius 2 is 1.88 bits per heavy atom. The first-order valence-corrected chi connectivity index (χ1v) is 6.15. The summed E-state index contributed by atoms with van der Waals surface area (Å²) in [5, 5.41) is 0.745. The molecule has 0 spiro atoms. The van der Waals surface area contributed by atoms with Crippen molar-refractivity contribution in [2.24, 2.45) is 5.84 Å². The first kappa shape index (κ1) is 11.9. The van der Waals surface area contributed by atoms with Crippen molar-refractivity contribution in [1.29, 1.82) is 0 Å². The molecule has 0 aliphatic rings. The predicted octanol–water partition coefficient (Wildman–Crippen LogP) is 2.47. The SMILES string of the molecule is Cc1nc(NN)sc1-c1ccc(N(C)C)cc1. The van der Waals surface area contributed by atoms with Gasteiger partial charge in [0.15, 0.2) is 5.13 Å². The molecule has 1 heterocycles. The maximum absolute atomic E-state index is 5.37. The van der Waals surface area contributed by atoms with Gasteiger partial charge < -0.3 is 4.90 Å². The molecule has 0 radical (unpaired) electrons. The Hall–Kier alpha value is -1.59. The van der Waals surface area contributed by atoms with Crippen LogP contribution in [0, 0.1) is 6.92 Å². The summed E-state index contributed by atoms with van der Waals surface area (Å²) < 4.78 is 0. The molecular weight excluding hydrogens is 232 g/mol. The van der Waals surface area contributed by atoms with Gasteiger partial charge in [0.2, 0.25) is 0 Å². The maximum atomic E-state index is 5.37. The Kier molecular flexibility index (Phi) is 3.31. The van der Waals surface area contributed by atoms with Crippen molar-refractivity contribution in [3.05, 3.63) is 30.0 Å². The number of nitrogens with two attached hydrogens (primary N) is 1. The van der Waals surface area contributed by atoms with Gasteiger partial charge in [0.05, 0.1) is 10.6 Å². The van der Waals surface area contributed by atoms with E-state index in [2.05, 4.69) is 39.6 Å². The quantitative estimate of drug-likeness (QED) is 0.647. The minimum absolute atomic E-state index is 0.745. The number of nitrogen functional groups attached to an aromatic ring is 1. The molecule has 5 heteroatoms. The molecule has 0 bridgehead atoms. The second-order valence-electron chi connectivity index (χ2n) is 4.02. The summed E-state index contributed by atoms with van der Waals surface area (Å²) in [5.74, 6) is 5.37. The van der Waals surface area contributed by atoms with E-state index >= 15 is 0 Å². The average Bonchev–Trinajstić information content (AvgIpc) is 2.71. The van der Waals surface area contributed by atoms with E-state index in [9.17, 15) is 0 Å². The monoisotopic (exact) mass is 248 g/mol. The predicted molar refractivity (Wildman–Crippen MR) is 74.4 cm³/mol. The van der Waals surface area contributed by atoms with E-state index < -0.39 is 0 Å². The van der Waals surface area contributed by atoms with E-state index in [-0.39, 0.29) is 0 Å². The van der Waals surface area contributed by atoms with E-state index in [0.29, 0.717) is 0 Å². The van der Waals surface area contributed by atoms with Gasteiger partial charge in [-0.05, 0) is 24.6 Å². The van der Waals surface area contributed by atoms with Crippen LogP contribution >= 0.6 is 11.3 Å². The normalized spacial score (nSPS) is 10.4. The number of aromatic nitrogens is 1. The Labute approximate surface area is 105 Å². The molecular formula is C12H16N4S. The largest absolute Gasteiger partial charge is 0.378 e. The van der Waals surface area contributed by atoms with Crippen LogP contribution in [0.4, 0.5) is 10.8 Å². The fourth-order valence-electron chi connectivity index (χ4n) is 1.64. The Morgan fingerprint density at radius 3 is 2.35 bits per heavy atom. The van der Waals surface area contributed by atoms with E-state index in [0.717, 1.165) is 15.7 Å². The van der Waals surface area contributed by atoms with Crippen LogP contribution in [0.25, 0.3) is 10.4 Å². The van der Waals surface area contributed by atoms with Crippen molar-refractivity contribution in [1.82, 2.24) is 4.98 Å². The van der Waals surface area contributed by atoms with Crippen LogP contribution in [0.15, 0.2) is 24.3 Å². The van der Waals surface area contributed by atoms with Crippen LogP contribution in [0.2, 0.25) is 0 Å². The lowest BCUT2D eigenvalue weighted by atomic mass is 10.1. The number of hydrogen-bond donors (Lipinski definition) is 2. The maximum Gasteiger partial charge on any atom is 0.197 e. The van der Waals surface area contributed by atoms with Crippen LogP contribution in [0.1, 0.15) is 5.69 Å². The number of anilines is 2. The highest BCUT2D eigenvalue weighted by atomic mass is 32.1. The summed E-state index contributed by atoms with van der Waals surface area (Å²) in [6.45, 7) is 1.99. The Morgan fingerprint density at radius 1 is 1.24 bits per heavy atom. The second-order valence-corrected chi connectivity index (χ2v) is 5.02. The minimum Gasteiger partial charge on any atom is -0.378 e. The average molecular weight is 248 g/mol. The molecule has 0 atom stereocenters. The zero-order chi connectivity index (χ0) is 12.4. The van der Waals surface area contributed by atoms with Crippen molar-refractivity contribution in [3.8, 4) is 10.4 Å². The molecule has 0 aliphatic heterocycles. The fourth-order valence-corrected chi connectivity index (χ4v) is 2.52. The molecule has 2 rings (SSSR count). The lowest BCUT2D eigenvalue weighted by molar-refractivity contribution is 1.13. The molecule has 90 valence electrons. The number of thiazole rings is 1.